The summed E-state index contributed by atoms with van der Waals surface area (Å²) in [6.45, 7) is 5.61. The minimum Gasteiger partial charge on any atom is -0.495 e. The minimum atomic E-state index is -0.0786. The summed E-state index contributed by atoms with van der Waals surface area (Å²) in [7, 11) is 1.58. The van der Waals surface area contributed by atoms with Gasteiger partial charge < -0.3 is 15.4 Å². The summed E-state index contributed by atoms with van der Waals surface area (Å²) in [5.41, 5.74) is 4.69. The minimum absolute atomic E-state index is 0.0458. The lowest BCUT2D eigenvalue weighted by atomic mass is 10.2. The van der Waals surface area contributed by atoms with Gasteiger partial charge in [-0.05, 0) is 61.0 Å². The SMILES string of the molecule is COc1ccccc1NC(=O)CN1CCN(CC(=O)Nc2ccc(-c3nc4ccc(C)cc4s3)cc2)CC1. The third-order valence-electron chi connectivity index (χ3n) is 6.54. The number of aromatic nitrogens is 1. The van der Waals surface area contributed by atoms with Crippen molar-refractivity contribution in [1.82, 2.24) is 14.8 Å². The summed E-state index contributed by atoms with van der Waals surface area (Å²) in [4.78, 5) is 34.1. The van der Waals surface area contributed by atoms with Gasteiger partial charge in [0.25, 0.3) is 0 Å². The van der Waals surface area contributed by atoms with Crippen molar-refractivity contribution in [2.45, 2.75) is 6.92 Å². The van der Waals surface area contributed by atoms with E-state index in [-0.39, 0.29) is 11.8 Å². The van der Waals surface area contributed by atoms with Crippen LogP contribution < -0.4 is 15.4 Å². The number of para-hydroxylation sites is 2. The molecule has 1 aliphatic heterocycles. The van der Waals surface area contributed by atoms with Crippen molar-refractivity contribution in [2.24, 2.45) is 0 Å². The van der Waals surface area contributed by atoms with Crippen molar-refractivity contribution in [3.8, 4) is 16.3 Å². The average Bonchev–Trinajstić information content (AvgIpc) is 3.34. The molecule has 3 aromatic carbocycles. The number of carbonyl (C=O) groups excluding carboxylic acids is 2. The number of methoxy groups -OCH3 is 1. The number of piperazine rings is 1. The molecule has 0 bridgehead atoms. The number of benzene rings is 3. The van der Waals surface area contributed by atoms with E-state index in [0.717, 1.165) is 48.0 Å². The lowest BCUT2D eigenvalue weighted by molar-refractivity contribution is -0.120. The van der Waals surface area contributed by atoms with Crippen LogP contribution in [0.1, 0.15) is 5.56 Å². The first kappa shape index (κ1) is 25.8. The molecular weight excluding hydrogens is 498 g/mol. The molecule has 0 radical (unpaired) electrons. The highest BCUT2D eigenvalue weighted by Gasteiger charge is 2.21. The predicted molar refractivity (Wildman–Crippen MR) is 153 cm³/mol. The summed E-state index contributed by atoms with van der Waals surface area (Å²) in [6.07, 6.45) is 0. The Morgan fingerprint density at radius 3 is 2.24 bits per heavy atom. The standard InChI is InChI=1S/C29H31N5O3S/c1-20-7-12-24-26(17-20)38-29(32-24)21-8-10-22(11-9-21)30-27(35)18-33-13-15-34(16-14-33)19-28(36)31-23-5-3-4-6-25(23)37-2/h3-12,17H,13-16,18-19H2,1-2H3,(H,30,35)(H,31,36). The van der Waals surface area contributed by atoms with Crippen LogP contribution in [0.25, 0.3) is 20.8 Å². The zero-order valence-electron chi connectivity index (χ0n) is 21.6. The fourth-order valence-corrected chi connectivity index (χ4v) is 5.57. The molecule has 1 aliphatic rings. The van der Waals surface area contributed by atoms with Gasteiger partial charge in [-0.15, -0.1) is 11.3 Å². The fourth-order valence-electron chi connectivity index (χ4n) is 4.50. The number of nitrogens with zero attached hydrogens (tertiary/aromatic N) is 3. The maximum Gasteiger partial charge on any atom is 0.238 e. The van der Waals surface area contributed by atoms with Crippen LogP contribution in [-0.2, 0) is 9.59 Å². The van der Waals surface area contributed by atoms with E-state index in [1.807, 2.05) is 48.5 Å². The van der Waals surface area contributed by atoms with Gasteiger partial charge in [-0.2, -0.15) is 0 Å². The van der Waals surface area contributed by atoms with Crippen LogP contribution in [-0.4, -0.2) is 73.0 Å². The summed E-state index contributed by atoms with van der Waals surface area (Å²) in [5, 5.41) is 6.88. The number of fused-ring (bicyclic) bond motifs is 1. The first-order valence-electron chi connectivity index (χ1n) is 12.6. The molecule has 0 spiro atoms. The van der Waals surface area contributed by atoms with E-state index in [2.05, 4.69) is 45.6 Å². The largest absolute Gasteiger partial charge is 0.495 e. The molecule has 0 atom stereocenters. The van der Waals surface area contributed by atoms with E-state index < -0.39 is 0 Å². The van der Waals surface area contributed by atoms with Gasteiger partial charge in [-0.3, -0.25) is 19.4 Å². The molecule has 8 nitrogen and oxygen atoms in total. The summed E-state index contributed by atoms with van der Waals surface area (Å²) >= 11 is 1.67. The molecule has 9 heteroatoms. The molecule has 0 saturated carbocycles. The first-order chi connectivity index (χ1) is 18.5. The quantitative estimate of drug-likeness (QED) is 0.350. The Morgan fingerprint density at radius 1 is 0.895 bits per heavy atom. The number of ether oxygens (including phenoxy) is 1. The van der Waals surface area contributed by atoms with E-state index >= 15 is 0 Å². The van der Waals surface area contributed by atoms with Crippen molar-refractivity contribution in [1.29, 1.82) is 0 Å². The monoisotopic (exact) mass is 529 g/mol. The van der Waals surface area contributed by atoms with E-state index in [1.54, 1.807) is 18.4 Å². The van der Waals surface area contributed by atoms with E-state index in [9.17, 15) is 9.59 Å². The zero-order valence-corrected chi connectivity index (χ0v) is 22.4. The van der Waals surface area contributed by atoms with Crippen molar-refractivity contribution in [3.05, 3.63) is 72.3 Å². The van der Waals surface area contributed by atoms with Gasteiger partial charge in [0.15, 0.2) is 0 Å². The van der Waals surface area contributed by atoms with Crippen LogP contribution >= 0.6 is 11.3 Å². The van der Waals surface area contributed by atoms with Gasteiger partial charge >= 0.3 is 0 Å². The van der Waals surface area contributed by atoms with Gasteiger partial charge in [0.2, 0.25) is 11.8 Å². The Labute approximate surface area is 226 Å². The van der Waals surface area contributed by atoms with Crippen molar-refractivity contribution in [2.75, 3.05) is 57.0 Å². The molecule has 1 aromatic heterocycles. The van der Waals surface area contributed by atoms with Crippen molar-refractivity contribution >= 4 is 44.7 Å². The van der Waals surface area contributed by atoms with Crippen LogP contribution in [0.2, 0.25) is 0 Å². The number of thiazole rings is 1. The molecule has 4 aromatic rings. The molecule has 1 saturated heterocycles. The fraction of sp³-hybridized carbons (Fsp3) is 0.276. The highest BCUT2D eigenvalue weighted by molar-refractivity contribution is 7.21. The Bertz CT molecular complexity index is 1430. The van der Waals surface area contributed by atoms with Gasteiger partial charge in [-0.25, -0.2) is 4.98 Å². The maximum absolute atomic E-state index is 12.7. The van der Waals surface area contributed by atoms with E-state index in [0.29, 0.717) is 24.5 Å². The second-order valence-electron chi connectivity index (χ2n) is 9.42. The number of rotatable bonds is 8. The normalized spacial score (nSPS) is 14.4. The number of hydrogen-bond acceptors (Lipinski definition) is 7. The highest BCUT2D eigenvalue weighted by atomic mass is 32.1. The number of nitrogens with one attached hydrogen (secondary N) is 2. The third kappa shape index (κ3) is 6.36. The topological polar surface area (TPSA) is 86.8 Å². The van der Waals surface area contributed by atoms with Crippen molar-refractivity contribution < 1.29 is 14.3 Å². The predicted octanol–water partition coefficient (Wildman–Crippen LogP) is 4.48. The van der Waals surface area contributed by atoms with Gasteiger partial charge in [0, 0.05) is 37.4 Å². The smallest absolute Gasteiger partial charge is 0.238 e. The number of carbonyl (C=O) groups is 2. The molecule has 2 heterocycles. The molecule has 0 unspecified atom stereocenters. The lowest BCUT2D eigenvalue weighted by Crippen LogP contribution is -2.50. The van der Waals surface area contributed by atoms with Crippen LogP contribution in [0.15, 0.2) is 66.7 Å². The molecule has 38 heavy (non-hydrogen) atoms. The number of aryl methyl sites for hydroxylation is 1. The van der Waals surface area contributed by atoms with Crippen LogP contribution in [0, 0.1) is 6.92 Å². The average molecular weight is 530 g/mol. The second kappa shape index (κ2) is 11.7. The number of anilines is 2. The number of amides is 2. The Hall–Kier alpha value is -3.79. The molecule has 2 amide bonds. The van der Waals surface area contributed by atoms with Crippen molar-refractivity contribution in [3.63, 3.8) is 0 Å². The molecule has 196 valence electrons. The van der Waals surface area contributed by atoms with Gasteiger partial charge in [0.1, 0.15) is 10.8 Å². The van der Waals surface area contributed by atoms with Gasteiger partial charge in [0.05, 0.1) is 36.1 Å². The summed E-state index contributed by atoms with van der Waals surface area (Å²) < 4.78 is 6.47. The zero-order chi connectivity index (χ0) is 26.5. The highest BCUT2D eigenvalue weighted by Crippen LogP contribution is 2.31. The Kier molecular flexibility index (Phi) is 7.97. The summed E-state index contributed by atoms with van der Waals surface area (Å²) in [5.74, 6) is 0.513. The molecule has 0 aliphatic carbocycles. The van der Waals surface area contributed by atoms with Gasteiger partial charge in [-0.1, -0.05) is 18.2 Å². The molecule has 2 N–H and O–H groups in total. The molecular formula is C29H31N5O3S. The van der Waals surface area contributed by atoms with Crippen LogP contribution in [0.3, 0.4) is 0 Å². The number of hydrogen-bond donors (Lipinski definition) is 2. The second-order valence-corrected chi connectivity index (χ2v) is 10.4. The maximum atomic E-state index is 12.7. The van der Waals surface area contributed by atoms with Crippen LogP contribution in [0.5, 0.6) is 5.75 Å². The Morgan fingerprint density at radius 2 is 1.55 bits per heavy atom. The molecule has 1 fully saturated rings. The Balaban J connectivity index is 1.07. The van der Waals surface area contributed by atoms with Crippen LogP contribution in [0.4, 0.5) is 11.4 Å². The third-order valence-corrected chi connectivity index (χ3v) is 7.61. The molecule has 5 rings (SSSR count). The van der Waals surface area contributed by atoms with E-state index in [4.69, 9.17) is 9.72 Å². The summed E-state index contributed by atoms with van der Waals surface area (Å²) in [6, 6.07) is 21.5. The lowest BCUT2D eigenvalue weighted by Gasteiger charge is -2.33. The van der Waals surface area contributed by atoms with E-state index in [1.165, 1.54) is 10.3 Å². The first-order valence-corrected chi connectivity index (χ1v) is 13.4.